The largest absolute Gasteiger partial charge is 0.449 e. The van der Waals surface area contributed by atoms with Crippen LogP contribution in [0, 0.1) is 11.3 Å². The van der Waals surface area contributed by atoms with Crippen molar-refractivity contribution in [3.05, 3.63) is 16.5 Å². The quantitative estimate of drug-likeness (QED) is 0.781. The lowest BCUT2D eigenvalue weighted by atomic mass is 10.2. The average molecular weight is 335 g/mol. The monoisotopic (exact) mass is 334 g/mol. The first-order valence-corrected chi connectivity index (χ1v) is 8.41. The third kappa shape index (κ3) is 2.96. The van der Waals surface area contributed by atoms with Crippen LogP contribution in [0.2, 0.25) is 4.34 Å². The molecule has 0 aliphatic carbocycles. The van der Waals surface area contributed by atoms with Crippen LogP contribution in [-0.4, -0.2) is 37.9 Å². The molecule has 0 bridgehead atoms. The van der Waals surface area contributed by atoms with E-state index in [1.807, 2.05) is 0 Å². The van der Waals surface area contributed by atoms with Gasteiger partial charge in [-0.2, -0.15) is 9.57 Å². The van der Waals surface area contributed by atoms with Gasteiger partial charge < -0.3 is 4.74 Å². The first kappa shape index (κ1) is 15.3. The Morgan fingerprint density at radius 3 is 2.95 bits per heavy atom. The highest BCUT2D eigenvalue weighted by Crippen LogP contribution is 2.32. The van der Waals surface area contributed by atoms with Gasteiger partial charge in [0.2, 0.25) is 0 Å². The van der Waals surface area contributed by atoms with E-state index in [0.717, 1.165) is 15.6 Å². The first-order chi connectivity index (χ1) is 9.46. The molecule has 6 nitrogen and oxygen atoms in total. The molecule has 0 unspecified atom stereocenters. The molecule has 0 spiro atoms. The molecule has 1 aromatic rings. The van der Waals surface area contributed by atoms with E-state index in [9.17, 15) is 13.2 Å². The van der Waals surface area contributed by atoms with Crippen LogP contribution in [0.5, 0.6) is 0 Å². The fourth-order valence-corrected chi connectivity index (χ4v) is 5.27. The van der Waals surface area contributed by atoms with Crippen LogP contribution in [0.1, 0.15) is 12.8 Å². The Balaban J connectivity index is 2.22. The van der Waals surface area contributed by atoms with Gasteiger partial charge in [0.05, 0.1) is 4.34 Å². The molecule has 0 saturated carbocycles. The SMILES string of the molecule is N#CCOC(=O)[C@H]1CCCN1S(=O)(=O)c1ccc(Cl)s1. The van der Waals surface area contributed by atoms with E-state index >= 15 is 0 Å². The lowest BCUT2D eigenvalue weighted by Crippen LogP contribution is -2.41. The smallest absolute Gasteiger partial charge is 0.325 e. The summed E-state index contributed by atoms with van der Waals surface area (Å²) >= 11 is 6.69. The van der Waals surface area contributed by atoms with E-state index in [1.165, 1.54) is 12.1 Å². The van der Waals surface area contributed by atoms with Crippen LogP contribution in [0.3, 0.4) is 0 Å². The van der Waals surface area contributed by atoms with Crippen molar-refractivity contribution in [3.63, 3.8) is 0 Å². The zero-order valence-electron chi connectivity index (χ0n) is 10.3. The predicted molar refractivity (Wildman–Crippen MR) is 72.8 cm³/mol. The number of nitrogens with zero attached hydrogens (tertiary/aromatic N) is 2. The van der Waals surface area contributed by atoms with Gasteiger partial charge in [-0.05, 0) is 25.0 Å². The zero-order chi connectivity index (χ0) is 14.8. The van der Waals surface area contributed by atoms with Crippen LogP contribution < -0.4 is 0 Å². The molecule has 1 saturated heterocycles. The molecule has 1 aliphatic rings. The van der Waals surface area contributed by atoms with Gasteiger partial charge in [0.25, 0.3) is 10.0 Å². The van der Waals surface area contributed by atoms with Crippen molar-refractivity contribution >= 4 is 38.9 Å². The molecule has 108 valence electrons. The van der Waals surface area contributed by atoms with Crippen molar-refractivity contribution in [2.24, 2.45) is 0 Å². The molecule has 0 radical (unpaired) electrons. The number of rotatable bonds is 4. The number of hydrogen-bond acceptors (Lipinski definition) is 6. The van der Waals surface area contributed by atoms with Crippen LogP contribution in [0.15, 0.2) is 16.3 Å². The van der Waals surface area contributed by atoms with E-state index in [4.69, 9.17) is 21.6 Å². The molecule has 1 aliphatic heterocycles. The molecule has 2 rings (SSSR count). The van der Waals surface area contributed by atoms with Gasteiger partial charge >= 0.3 is 5.97 Å². The van der Waals surface area contributed by atoms with Crippen LogP contribution in [0.4, 0.5) is 0 Å². The molecular weight excluding hydrogens is 324 g/mol. The molecule has 1 atom stereocenters. The molecule has 2 heterocycles. The van der Waals surface area contributed by atoms with Crippen LogP contribution in [0.25, 0.3) is 0 Å². The minimum atomic E-state index is -3.75. The van der Waals surface area contributed by atoms with E-state index in [2.05, 4.69) is 0 Å². The predicted octanol–water partition coefficient (Wildman–Crippen LogP) is 1.62. The summed E-state index contributed by atoms with van der Waals surface area (Å²) in [5, 5.41) is 8.39. The summed E-state index contributed by atoms with van der Waals surface area (Å²) in [6, 6.07) is 3.73. The van der Waals surface area contributed by atoms with Crippen molar-refractivity contribution in [2.45, 2.75) is 23.1 Å². The molecule has 0 N–H and O–H groups in total. The zero-order valence-corrected chi connectivity index (χ0v) is 12.7. The number of esters is 1. The lowest BCUT2D eigenvalue weighted by molar-refractivity contribution is -0.146. The summed E-state index contributed by atoms with van der Waals surface area (Å²) in [6.07, 6.45) is 0.966. The Labute approximate surface area is 125 Å². The van der Waals surface area contributed by atoms with Crippen molar-refractivity contribution < 1.29 is 17.9 Å². The lowest BCUT2D eigenvalue weighted by Gasteiger charge is -2.21. The first-order valence-electron chi connectivity index (χ1n) is 5.77. The number of carbonyl (C=O) groups is 1. The average Bonchev–Trinajstić information content (AvgIpc) is 3.04. The molecule has 9 heteroatoms. The highest BCUT2D eigenvalue weighted by Gasteiger charge is 2.40. The second-order valence-corrected chi connectivity index (χ2v) is 7.93. The molecule has 20 heavy (non-hydrogen) atoms. The molecule has 0 amide bonds. The van der Waals surface area contributed by atoms with Gasteiger partial charge in [0, 0.05) is 6.54 Å². The molecule has 1 fully saturated rings. The summed E-state index contributed by atoms with van der Waals surface area (Å²) in [4.78, 5) is 11.8. The van der Waals surface area contributed by atoms with Crippen molar-refractivity contribution in [1.82, 2.24) is 4.31 Å². The third-order valence-corrected chi connectivity index (χ3v) is 6.47. The van der Waals surface area contributed by atoms with Crippen molar-refractivity contribution in [2.75, 3.05) is 13.2 Å². The second-order valence-electron chi connectivity index (χ2n) is 4.10. The van der Waals surface area contributed by atoms with Gasteiger partial charge in [0.15, 0.2) is 6.61 Å². The number of nitriles is 1. The normalized spacial score (nSPS) is 19.7. The fourth-order valence-electron chi connectivity index (χ4n) is 2.01. The van der Waals surface area contributed by atoms with Gasteiger partial charge in [0.1, 0.15) is 16.3 Å². The minimum Gasteiger partial charge on any atom is -0.449 e. The second kappa shape index (κ2) is 6.10. The van der Waals surface area contributed by atoms with Crippen LogP contribution in [-0.2, 0) is 19.6 Å². The van der Waals surface area contributed by atoms with Crippen molar-refractivity contribution in [1.29, 1.82) is 5.26 Å². The summed E-state index contributed by atoms with van der Waals surface area (Å²) in [5.41, 5.74) is 0. The van der Waals surface area contributed by atoms with Gasteiger partial charge in [-0.25, -0.2) is 8.42 Å². The van der Waals surface area contributed by atoms with Gasteiger partial charge in [-0.3, -0.25) is 4.79 Å². The third-order valence-electron chi connectivity index (χ3n) is 2.87. The maximum atomic E-state index is 12.4. The van der Waals surface area contributed by atoms with Crippen LogP contribution >= 0.6 is 22.9 Å². The number of carbonyl (C=O) groups excluding carboxylic acids is 1. The molecule has 0 aromatic carbocycles. The number of halogens is 1. The van der Waals surface area contributed by atoms with Gasteiger partial charge in [-0.1, -0.05) is 11.6 Å². The van der Waals surface area contributed by atoms with E-state index in [1.54, 1.807) is 6.07 Å². The molecular formula is C11H11ClN2O4S2. The maximum absolute atomic E-state index is 12.4. The molecule has 1 aromatic heterocycles. The Morgan fingerprint density at radius 1 is 1.60 bits per heavy atom. The van der Waals surface area contributed by atoms with Crippen molar-refractivity contribution in [3.8, 4) is 6.07 Å². The number of ether oxygens (including phenoxy) is 1. The van der Waals surface area contributed by atoms with E-state index in [-0.39, 0.29) is 17.4 Å². The Hall–Kier alpha value is -1.14. The Morgan fingerprint density at radius 2 is 2.35 bits per heavy atom. The highest BCUT2D eigenvalue weighted by atomic mass is 35.5. The summed E-state index contributed by atoms with van der Waals surface area (Å²) < 4.78 is 31.2. The number of hydrogen-bond donors (Lipinski definition) is 0. The highest BCUT2D eigenvalue weighted by molar-refractivity contribution is 7.91. The summed E-state index contributed by atoms with van der Waals surface area (Å²) in [5.74, 6) is -0.685. The Kier molecular flexibility index (Phi) is 4.65. The fraction of sp³-hybridized carbons (Fsp3) is 0.455. The topological polar surface area (TPSA) is 87.5 Å². The number of thiophene rings is 1. The summed E-state index contributed by atoms with van der Waals surface area (Å²) in [7, 11) is -3.75. The maximum Gasteiger partial charge on any atom is 0.325 e. The van der Waals surface area contributed by atoms with E-state index in [0.29, 0.717) is 17.2 Å². The Bertz CT molecular complexity index is 650. The summed E-state index contributed by atoms with van der Waals surface area (Å²) in [6.45, 7) is -0.127. The van der Waals surface area contributed by atoms with Gasteiger partial charge in [-0.15, -0.1) is 11.3 Å². The standard InChI is InChI=1S/C11H11ClN2O4S2/c12-9-3-4-10(19-9)20(16,17)14-6-1-2-8(14)11(15)18-7-5-13/h3-4,8H,1-2,6-7H2/t8-/m1/s1. The van der Waals surface area contributed by atoms with E-state index < -0.39 is 22.0 Å². The minimum absolute atomic E-state index is 0.0995. The number of sulfonamides is 1.